The Labute approximate surface area is 273 Å². The molecular formula is C31H48F3N3O10. The van der Waals surface area contributed by atoms with Gasteiger partial charge in [0.2, 0.25) is 5.91 Å². The van der Waals surface area contributed by atoms with E-state index in [1.54, 1.807) is 27.8 Å². The van der Waals surface area contributed by atoms with Crippen LogP contribution in [-0.4, -0.2) is 115 Å². The number of aliphatic carboxylic acids is 1. The number of halogens is 3. The molecule has 47 heavy (non-hydrogen) atoms. The standard InChI is InChI=1S/C29H47N3O8.C2HF3O2/c1-9-18(2)23(32(6)28(36)40-29(3,4)5)20(33)15-22(34)30-17-21-24(37-7)25(38-8)26(39-21)27(35)31-16-19-13-11-10-12-14-19;3-2(4,5)1(6)7/h10-14,18,20-21,23-26,33H,9,15-17H2,1-8H3,(H,30,34)(H,31,35);(H,6,7)/t18-,20+,21+,23-,24+,25-,26-;/m0./s1. The summed E-state index contributed by atoms with van der Waals surface area (Å²) in [4.78, 5) is 48.7. The lowest BCUT2D eigenvalue weighted by atomic mass is 9.91. The summed E-state index contributed by atoms with van der Waals surface area (Å²) in [5.74, 6) is -3.62. The van der Waals surface area contributed by atoms with Crippen molar-refractivity contribution in [2.45, 2.75) is 102 Å². The Kier molecular flexibility index (Phi) is 16.6. The lowest BCUT2D eigenvalue weighted by Gasteiger charge is -2.36. The zero-order valence-electron chi connectivity index (χ0n) is 28.0. The molecule has 0 radical (unpaired) electrons. The van der Waals surface area contributed by atoms with Crippen molar-refractivity contribution in [2.24, 2.45) is 5.92 Å². The van der Waals surface area contributed by atoms with Crippen LogP contribution < -0.4 is 10.6 Å². The molecule has 0 spiro atoms. The largest absolute Gasteiger partial charge is 0.490 e. The van der Waals surface area contributed by atoms with Gasteiger partial charge in [-0.25, -0.2) is 9.59 Å². The van der Waals surface area contributed by atoms with Crippen LogP contribution in [0.5, 0.6) is 0 Å². The maximum absolute atomic E-state index is 12.9. The second kappa shape index (κ2) is 18.8. The molecule has 1 fully saturated rings. The number of carboxylic acids is 1. The highest BCUT2D eigenvalue weighted by Gasteiger charge is 2.48. The highest BCUT2D eigenvalue weighted by atomic mass is 19.4. The topological polar surface area (TPSA) is 173 Å². The van der Waals surface area contributed by atoms with Gasteiger partial charge in [0.15, 0.2) is 6.10 Å². The fraction of sp³-hybridized carbons (Fsp3) is 0.677. The molecule has 4 N–H and O–H groups in total. The molecule has 1 aliphatic heterocycles. The van der Waals surface area contributed by atoms with Crippen molar-refractivity contribution in [3.8, 4) is 0 Å². The van der Waals surface area contributed by atoms with Crippen LogP contribution in [0.2, 0.25) is 0 Å². The molecule has 0 saturated carbocycles. The van der Waals surface area contributed by atoms with Crippen LogP contribution in [0.25, 0.3) is 0 Å². The van der Waals surface area contributed by atoms with E-state index in [0.29, 0.717) is 13.0 Å². The van der Waals surface area contributed by atoms with E-state index in [0.717, 1.165) is 5.56 Å². The fourth-order valence-corrected chi connectivity index (χ4v) is 4.85. The number of methoxy groups -OCH3 is 2. The summed E-state index contributed by atoms with van der Waals surface area (Å²) in [6, 6.07) is 8.87. The molecule has 0 bridgehead atoms. The van der Waals surface area contributed by atoms with Crippen LogP contribution in [0.4, 0.5) is 18.0 Å². The van der Waals surface area contributed by atoms with Gasteiger partial charge in [0.1, 0.15) is 23.9 Å². The molecular weight excluding hydrogens is 631 g/mol. The Morgan fingerprint density at radius 2 is 1.57 bits per heavy atom. The number of hydrogen-bond donors (Lipinski definition) is 4. The molecule has 1 aromatic rings. The van der Waals surface area contributed by atoms with E-state index in [4.69, 9.17) is 28.8 Å². The van der Waals surface area contributed by atoms with E-state index in [1.165, 1.54) is 19.1 Å². The number of nitrogens with zero attached hydrogens (tertiary/aromatic N) is 1. The Morgan fingerprint density at radius 3 is 2.04 bits per heavy atom. The second-order valence-electron chi connectivity index (χ2n) is 12.0. The number of alkyl halides is 3. The fourth-order valence-electron chi connectivity index (χ4n) is 4.85. The van der Waals surface area contributed by atoms with Gasteiger partial charge >= 0.3 is 18.2 Å². The monoisotopic (exact) mass is 679 g/mol. The first-order valence-corrected chi connectivity index (χ1v) is 15.0. The van der Waals surface area contributed by atoms with Crippen LogP contribution in [-0.2, 0) is 39.9 Å². The Balaban J connectivity index is 0.00000141. The minimum atomic E-state index is -5.08. The van der Waals surface area contributed by atoms with Gasteiger partial charge in [0, 0.05) is 34.4 Å². The van der Waals surface area contributed by atoms with Crippen molar-refractivity contribution >= 4 is 23.9 Å². The number of aliphatic hydroxyl groups is 1. The number of aliphatic hydroxyl groups excluding tert-OH is 1. The Bertz CT molecular complexity index is 1150. The zero-order valence-corrected chi connectivity index (χ0v) is 28.0. The average molecular weight is 680 g/mol. The third-order valence-corrected chi connectivity index (χ3v) is 7.31. The number of nitrogens with one attached hydrogen (secondary N) is 2. The maximum Gasteiger partial charge on any atom is 0.490 e. The van der Waals surface area contributed by atoms with E-state index in [9.17, 15) is 32.7 Å². The van der Waals surface area contributed by atoms with Gasteiger partial charge < -0.3 is 44.7 Å². The number of likely N-dealkylation sites (N-methyl/N-ethyl adjacent to an activating group) is 1. The molecule has 0 aliphatic carbocycles. The summed E-state index contributed by atoms with van der Waals surface area (Å²) in [5, 5.41) is 23.8. The number of carboxylic acid groups (broad SMARTS) is 1. The first kappa shape index (κ1) is 41.6. The molecule has 268 valence electrons. The van der Waals surface area contributed by atoms with Crippen LogP contribution in [0.3, 0.4) is 0 Å². The van der Waals surface area contributed by atoms with E-state index >= 15 is 0 Å². The van der Waals surface area contributed by atoms with Crippen molar-refractivity contribution in [3.63, 3.8) is 0 Å². The lowest BCUT2D eigenvalue weighted by molar-refractivity contribution is -0.192. The predicted octanol–water partition coefficient (Wildman–Crippen LogP) is 2.88. The number of carbonyl (C=O) groups is 4. The molecule has 1 heterocycles. The van der Waals surface area contributed by atoms with E-state index in [-0.39, 0.29) is 24.8 Å². The normalized spacial score (nSPS) is 21.4. The summed E-state index contributed by atoms with van der Waals surface area (Å²) in [6.45, 7) is 9.55. The summed E-state index contributed by atoms with van der Waals surface area (Å²) in [6.07, 6.45) is -9.18. The first-order valence-electron chi connectivity index (χ1n) is 15.0. The number of benzene rings is 1. The lowest BCUT2D eigenvalue weighted by Crippen LogP contribution is -2.51. The summed E-state index contributed by atoms with van der Waals surface area (Å²) < 4.78 is 54.3. The van der Waals surface area contributed by atoms with Gasteiger partial charge in [0.05, 0.1) is 18.6 Å². The molecule has 13 nitrogen and oxygen atoms in total. The molecule has 16 heteroatoms. The minimum absolute atomic E-state index is 0.0439. The Morgan fingerprint density at radius 1 is 1.02 bits per heavy atom. The number of hydrogen-bond acceptors (Lipinski definition) is 9. The summed E-state index contributed by atoms with van der Waals surface area (Å²) in [5.41, 5.74) is 0.255. The van der Waals surface area contributed by atoms with Crippen molar-refractivity contribution in [1.29, 1.82) is 0 Å². The van der Waals surface area contributed by atoms with E-state index in [1.807, 2.05) is 44.2 Å². The van der Waals surface area contributed by atoms with Crippen LogP contribution in [0.15, 0.2) is 30.3 Å². The number of amides is 3. The third-order valence-electron chi connectivity index (χ3n) is 7.31. The van der Waals surface area contributed by atoms with Crippen LogP contribution in [0.1, 0.15) is 53.0 Å². The average Bonchev–Trinajstić information content (AvgIpc) is 3.35. The molecule has 0 unspecified atom stereocenters. The molecule has 0 aromatic heterocycles. The minimum Gasteiger partial charge on any atom is -0.475 e. The highest BCUT2D eigenvalue weighted by molar-refractivity contribution is 5.82. The molecule has 1 aromatic carbocycles. The van der Waals surface area contributed by atoms with Gasteiger partial charge in [-0.1, -0.05) is 50.6 Å². The van der Waals surface area contributed by atoms with Gasteiger partial charge in [-0.05, 0) is 32.3 Å². The quantitative estimate of drug-likeness (QED) is 0.243. The molecule has 3 amide bonds. The van der Waals surface area contributed by atoms with Gasteiger partial charge in [-0.2, -0.15) is 13.2 Å². The van der Waals surface area contributed by atoms with E-state index in [2.05, 4.69) is 10.6 Å². The second-order valence-corrected chi connectivity index (χ2v) is 12.0. The van der Waals surface area contributed by atoms with Crippen molar-refractivity contribution in [3.05, 3.63) is 35.9 Å². The van der Waals surface area contributed by atoms with Gasteiger partial charge in [-0.3, -0.25) is 9.59 Å². The van der Waals surface area contributed by atoms with E-state index < -0.39 is 66.3 Å². The van der Waals surface area contributed by atoms with Crippen molar-refractivity contribution in [1.82, 2.24) is 15.5 Å². The van der Waals surface area contributed by atoms with Crippen molar-refractivity contribution in [2.75, 3.05) is 27.8 Å². The van der Waals surface area contributed by atoms with Gasteiger partial charge in [-0.15, -0.1) is 0 Å². The number of ether oxygens (including phenoxy) is 4. The SMILES string of the molecule is CC[C@H](C)[C@@H]([C@H](O)CC(=O)NC[C@H]1O[C@H](C(=O)NCc2ccccc2)[C@@H](OC)[C@@H]1OC)N(C)C(=O)OC(C)(C)C.O=C(O)C(F)(F)F. The highest BCUT2D eigenvalue weighted by Crippen LogP contribution is 2.27. The molecule has 1 aliphatic rings. The molecule has 2 rings (SSSR count). The predicted molar refractivity (Wildman–Crippen MR) is 163 cm³/mol. The smallest absolute Gasteiger partial charge is 0.475 e. The Hall–Kier alpha value is -3.47. The number of carbonyl (C=O) groups excluding carboxylic acids is 3. The van der Waals surface area contributed by atoms with Crippen molar-refractivity contribution < 1.29 is 61.5 Å². The summed E-state index contributed by atoms with van der Waals surface area (Å²) in [7, 11) is 4.53. The first-order chi connectivity index (χ1) is 21.8. The molecule has 7 atom stereocenters. The van der Waals surface area contributed by atoms with Gasteiger partial charge in [0.25, 0.3) is 5.91 Å². The van der Waals surface area contributed by atoms with Crippen LogP contribution >= 0.6 is 0 Å². The summed E-state index contributed by atoms with van der Waals surface area (Å²) >= 11 is 0. The van der Waals surface area contributed by atoms with Crippen LogP contribution in [0, 0.1) is 5.92 Å². The third kappa shape index (κ3) is 13.7. The maximum atomic E-state index is 12.9. The molecule has 1 saturated heterocycles. The number of rotatable bonds is 13. The zero-order chi connectivity index (χ0) is 36.1.